The van der Waals surface area contributed by atoms with E-state index in [0.29, 0.717) is 16.5 Å². The molecular weight excluding hydrogens is 290 g/mol. The molecule has 0 amide bonds. The Hall–Kier alpha value is -0.990. The maximum Gasteiger partial charge on any atom is 0.497 e. The van der Waals surface area contributed by atoms with E-state index in [1.165, 1.54) is 0 Å². The van der Waals surface area contributed by atoms with Gasteiger partial charge >= 0.3 is 14.2 Å². The lowest BCUT2D eigenvalue weighted by molar-refractivity contribution is 0.00578. The van der Waals surface area contributed by atoms with Gasteiger partial charge < -0.3 is 19.4 Å². The number of aromatic nitrogens is 2. The first-order chi connectivity index (χ1) is 9.73. The average Bonchev–Trinajstić information content (AvgIpc) is 2.91. The van der Waals surface area contributed by atoms with Crippen molar-refractivity contribution < 1.29 is 19.4 Å². The number of nitrogens with zero attached hydrogens (tertiary/aromatic N) is 2. The minimum absolute atomic E-state index is 0.332. The van der Waals surface area contributed by atoms with Crippen LogP contribution in [0.15, 0.2) is 12.1 Å². The third kappa shape index (κ3) is 2.29. The van der Waals surface area contributed by atoms with Crippen LogP contribution >= 0.6 is 11.7 Å². The van der Waals surface area contributed by atoms with Gasteiger partial charge in [-0.2, -0.15) is 8.75 Å². The highest BCUT2D eigenvalue weighted by Gasteiger charge is 2.52. The van der Waals surface area contributed by atoms with Crippen molar-refractivity contribution in [3.05, 3.63) is 12.1 Å². The summed E-state index contributed by atoms with van der Waals surface area (Å²) >= 11 is 1.02. The number of hydrogen-bond acceptors (Lipinski definition) is 7. The van der Waals surface area contributed by atoms with Gasteiger partial charge in [0.1, 0.15) is 11.0 Å². The van der Waals surface area contributed by atoms with Crippen LogP contribution in [0.3, 0.4) is 0 Å². The summed E-state index contributed by atoms with van der Waals surface area (Å²) in [7, 11) is -2.13. The minimum Gasteiger partial charge on any atom is -0.423 e. The Morgan fingerprint density at radius 1 is 1.05 bits per heavy atom. The molecule has 1 aromatic carbocycles. The van der Waals surface area contributed by atoms with Crippen LogP contribution in [0.4, 0.5) is 0 Å². The number of hydrogen-bond donors (Lipinski definition) is 2. The fourth-order valence-electron chi connectivity index (χ4n) is 2.27. The van der Waals surface area contributed by atoms with Crippen molar-refractivity contribution in [2.24, 2.45) is 0 Å². The van der Waals surface area contributed by atoms with Gasteiger partial charge in [0.25, 0.3) is 0 Å². The van der Waals surface area contributed by atoms with Crippen molar-refractivity contribution in [2.45, 2.75) is 38.9 Å². The van der Waals surface area contributed by atoms with Gasteiger partial charge in [-0.15, -0.1) is 0 Å². The third-order valence-electron chi connectivity index (χ3n) is 4.26. The van der Waals surface area contributed by atoms with Crippen molar-refractivity contribution in [1.82, 2.24) is 8.75 Å². The summed E-state index contributed by atoms with van der Waals surface area (Å²) in [6.45, 7) is 7.93. The van der Waals surface area contributed by atoms with Crippen molar-refractivity contribution in [1.29, 1.82) is 0 Å². The van der Waals surface area contributed by atoms with Crippen LogP contribution in [0.5, 0.6) is 0 Å². The van der Waals surface area contributed by atoms with Crippen LogP contribution in [-0.2, 0) is 9.31 Å². The van der Waals surface area contributed by atoms with E-state index in [4.69, 9.17) is 9.31 Å². The van der Waals surface area contributed by atoms with Crippen LogP contribution in [0.25, 0.3) is 11.0 Å². The molecule has 1 aliphatic heterocycles. The van der Waals surface area contributed by atoms with Gasteiger partial charge in [-0.3, -0.25) is 0 Å². The molecule has 21 heavy (non-hydrogen) atoms. The van der Waals surface area contributed by atoms with Crippen LogP contribution in [-0.4, -0.2) is 44.2 Å². The monoisotopic (exact) mass is 306 g/mol. The van der Waals surface area contributed by atoms with Crippen molar-refractivity contribution in [3.8, 4) is 0 Å². The molecule has 2 N–H and O–H groups in total. The topological polar surface area (TPSA) is 84.7 Å². The molecule has 0 spiro atoms. The molecule has 2 heterocycles. The number of fused-ring (bicyclic) bond motifs is 1. The summed E-state index contributed by atoms with van der Waals surface area (Å²) < 4.78 is 20.4. The smallest absolute Gasteiger partial charge is 0.423 e. The first-order valence-corrected chi connectivity index (χ1v) is 7.43. The van der Waals surface area contributed by atoms with Gasteiger partial charge in [0.15, 0.2) is 0 Å². The Labute approximate surface area is 127 Å². The minimum atomic E-state index is -1.58. The second-order valence-electron chi connectivity index (χ2n) is 6.17. The lowest BCUT2D eigenvalue weighted by Gasteiger charge is -2.32. The van der Waals surface area contributed by atoms with Gasteiger partial charge in [-0.25, -0.2) is 0 Å². The normalized spacial score (nSPS) is 20.2. The molecule has 3 rings (SSSR count). The molecule has 6 nitrogen and oxygen atoms in total. The van der Waals surface area contributed by atoms with Crippen LogP contribution in [0.2, 0.25) is 0 Å². The Morgan fingerprint density at radius 3 is 2.19 bits per heavy atom. The molecule has 1 aliphatic rings. The molecule has 0 saturated carbocycles. The molecular formula is C12H16B2N2O4S. The molecule has 1 aromatic heterocycles. The van der Waals surface area contributed by atoms with E-state index in [1.807, 2.05) is 27.7 Å². The molecule has 9 heteroatoms. The van der Waals surface area contributed by atoms with Gasteiger partial charge in [0, 0.05) is 10.9 Å². The zero-order valence-corrected chi connectivity index (χ0v) is 13.1. The second-order valence-corrected chi connectivity index (χ2v) is 6.70. The quantitative estimate of drug-likeness (QED) is 0.739. The van der Waals surface area contributed by atoms with Crippen LogP contribution < -0.4 is 10.9 Å². The fourth-order valence-corrected chi connectivity index (χ4v) is 2.86. The van der Waals surface area contributed by atoms with Gasteiger partial charge in [0.05, 0.1) is 22.9 Å². The van der Waals surface area contributed by atoms with Crippen LogP contribution in [0, 0.1) is 0 Å². The zero-order chi connectivity index (χ0) is 15.4. The first kappa shape index (κ1) is 14.9. The highest BCUT2D eigenvalue weighted by atomic mass is 32.1. The molecule has 0 aliphatic carbocycles. The Morgan fingerprint density at radius 2 is 1.62 bits per heavy atom. The van der Waals surface area contributed by atoms with Gasteiger partial charge in [0.2, 0.25) is 0 Å². The molecule has 2 aromatic rings. The fraction of sp³-hybridized carbons (Fsp3) is 0.500. The van der Waals surface area contributed by atoms with Gasteiger partial charge in [-0.1, -0.05) is 12.1 Å². The largest absolute Gasteiger partial charge is 0.497 e. The third-order valence-corrected chi connectivity index (χ3v) is 4.79. The van der Waals surface area contributed by atoms with Gasteiger partial charge in [-0.05, 0) is 27.7 Å². The lowest BCUT2D eigenvalue weighted by atomic mass is 9.73. The Kier molecular flexibility index (Phi) is 3.38. The lowest BCUT2D eigenvalue weighted by Crippen LogP contribution is -2.41. The van der Waals surface area contributed by atoms with E-state index in [9.17, 15) is 10.0 Å². The van der Waals surface area contributed by atoms with E-state index < -0.39 is 25.4 Å². The number of rotatable bonds is 2. The summed E-state index contributed by atoms with van der Waals surface area (Å²) in [4.78, 5) is 0. The molecule has 0 radical (unpaired) electrons. The number of benzene rings is 1. The van der Waals surface area contributed by atoms with Crippen molar-refractivity contribution in [3.63, 3.8) is 0 Å². The van der Waals surface area contributed by atoms with E-state index >= 15 is 0 Å². The van der Waals surface area contributed by atoms with E-state index in [0.717, 1.165) is 17.2 Å². The zero-order valence-electron chi connectivity index (χ0n) is 12.3. The SMILES string of the molecule is CC1(C)OB(c2ccc(B(O)O)c3nsnc23)OC1(C)C. The summed E-state index contributed by atoms with van der Waals surface area (Å²) in [6, 6.07) is 3.37. The molecule has 0 unspecified atom stereocenters. The molecule has 0 atom stereocenters. The van der Waals surface area contributed by atoms with E-state index in [2.05, 4.69) is 8.75 Å². The summed E-state index contributed by atoms with van der Waals surface area (Å²) in [5, 5.41) is 18.8. The summed E-state index contributed by atoms with van der Waals surface area (Å²) in [6.07, 6.45) is 0. The second kappa shape index (κ2) is 4.76. The average molecular weight is 306 g/mol. The summed E-state index contributed by atoms with van der Waals surface area (Å²) in [5.41, 5.74) is 1.26. The van der Waals surface area contributed by atoms with E-state index in [-0.39, 0.29) is 0 Å². The van der Waals surface area contributed by atoms with E-state index in [1.54, 1.807) is 12.1 Å². The predicted octanol–water partition coefficient (Wildman–Crippen LogP) is -0.330. The Balaban J connectivity index is 2.08. The predicted molar refractivity (Wildman–Crippen MR) is 83.0 cm³/mol. The summed E-state index contributed by atoms with van der Waals surface area (Å²) in [5.74, 6) is 0. The maximum atomic E-state index is 9.39. The highest BCUT2D eigenvalue weighted by Crippen LogP contribution is 2.36. The Bertz CT molecular complexity index is 673. The molecule has 110 valence electrons. The van der Waals surface area contributed by atoms with Crippen molar-refractivity contribution >= 4 is 47.9 Å². The maximum absolute atomic E-state index is 9.39. The first-order valence-electron chi connectivity index (χ1n) is 6.70. The molecule has 1 saturated heterocycles. The molecule has 0 bridgehead atoms. The molecule has 1 fully saturated rings. The van der Waals surface area contributed by atoms with Crippen molar-refractivity contribution in [2.75, 3.05) is 0 Å². The van der Waals surface area contributed by atoms with Crippen LogP contribution in [0.1, 0.15) is 27.7 Å². The highest BCUT2D eigenvalue weighted by molar-refractivity contribution is 7.00. The standard InChI is InChI=1S/C12H16B2N2O4S/c1-11(2)12(3,4)20-14(19-11)8-6-5-7(13(17)18)9-10(8)16-21-15-9/h5-6,17-18H,1-4H3.